The van der Waals surface area contributed by atoms with E-state index in [0.29, 0.717) is 19.4 Å². The first kappa shape index (κ1) is 16.3. The molecule has 0 radical (unpaired) electrons. The van der Waals surface area contributed by atoms with Crippen molar-refractivity contribution in [3.8, 4) is 5.75 Å². The van der Waals surface area contributed by atoms with E-state index in [1.807, 2.05) is 38.4 Å². The third-order valence-electron chi connectivity index (χ3n) is 4.55. The van der Waals surface area contributed by atoms with E-state index < -0.39 is 11.7 Å². The molecule has 1 aromatic carbocycles. The molecule has 0 saturated heterocycles. The summed E-state index contributed by atoms with van der Waals surface area (Å²) in [5.41, 5.74) is 0.00449. The van der Waals surface area contributed by atoms with Gasteiger partial charge in [-0.15, -0.1) is 0 Å². The van der Waals surface area contributed by atoms with Crippen LogP contribution in [0.1, 0.15) is 37.2 Å². The molecule has 0 spiro atoms. The molecule has 3 unspecified atom stereocenters. The minimum Gasteiger partial charge on any atom is -0.497 e. The lowest BCUT2D eigenvalue weighted by molar-refractivity contribution is -0.119. The van der Waals surface area contributed by atoms with Crippen LogP contribution in [-0.4, -0.2) is 54.6 Å². The summed E-state index contributed by atoms with van der Waals surface area (Å²) in [6.45, 7) is 0.708. The van der Waals surface area contributed by atoms with Crippen LogP contribution < -0.4 is 4.74 Å². The SMILES string of the molecule is COc1ccc(C(CN(C)C)C2(O)CCCCC2O)cc1. The van der Waals surface area contributed by atoms with Gasteiger partial charge in [-0.2, -0.15) is 0 Å². The number of rotatable bonds is 5. The molecule has 0 bridgehead atoms. The number of methoxy groups -OCH3 is 1. The molecule has 1 fully saturated rings. The summed E-state index contributed by atoms with van der Waals surface area (Å²) in [4.78, 5) is 2.06. The van der Waals surface area contributed by atoms with Crippen molar-refractivity contribution in [1.29, 1.82) is 0 Å². The maximum atomic E-state index is 11.1. The van der Waals surface area contributed by atoms with Gasteiger partial charge in [-0.3, -0.25) is 0 Å². The maximum absolute atomic E-state index is 11.1. The zero-order valence-electron chi connectivity index (χ0n) is 13.2. The van der Waals surface area contributed by atoms with Gasteiger partial charge in [0.2, 0.25) is 0 Å². The van der Waals surface area contributed by atoms with E-state index >= 15 is 0 Å². The van der Waals surface area contributed by atoms with Gasteiger partial charge in [-0.05, 0) is 44.6 Å². The van der Waals surface area contributed by atoms with Crippen LogP contribution in [-0.2, 0) is 0 Å². The lowest BCUT2D eigenvalue weighted by atomic mass is 9.71. The summed E-state index contributed by atoms with van der Waals surface area (Å²) in [5.74, 6) is 0.701. The van der Waals surface area contributed by atoms with Crippen LogP contribution in [0.15, 0.2) is 24.3 Å². The summed E-state index contributed by atoms with van der Waals surface area (Å²) in [6.07, 6.45) is 2.63. The first-order chi connectivity index (χ1) is 9.97. The molecule has 0 amide bonds. The van der Waals surface area contributed by atoms with E-state index in [0.717, 1.165) is 24.2 Å². The zero-order chi connectivity index (χ0) is 15.5. The minimum atomic E-state index is -1.04. The summed E-state index contributed by atoms with van der Waals surface area (Å²) in [6, 6.07) is 7.81. The Morgan fingerprint density at radius 3 is 2.48 bits per heavy atom. The normalized spacial score (nSPS) is 27.6. The van der Waals surface area contributed by atoms with E-state index in [4.69, 9.17) is 4.74 Å². The summed E-state index contributed by atoms with van der Waals surface area (Å²) < 4.78 is 5.20. The van der Waals surface area contributed by atoms with Crippen molar-refractivity contribution in [2.24, 2.45) is 0 Å². The van der Waals surface area contributed by atoms with Crippen LogP contribution in [0.3, 0.4) is 0 Å². The average molecular weight is 293 g/mol. The third-order valence-corrected chi connectivity index (χ3v) is 4.55. The Kier molecular flexibility index (Phi) is 5.25. The van der Waals surface area contributed by atoms with E-state index in [1.54, 1.807) is 7.11 Å². The first-order valence-electron chi connectivity index (χ1n) is 7.66. The molecule has 0 aromatic heterocycles. The molecule has 2 N–H and O–H groups in total. The summed E-state index contributed by atoms with van der Waals surface area (Å²) in [5, 5.41) is 21.5. The monoisotopic (exact) mass is 293 g/mol. The number of hydrogen-bond donors (Lipinski definition) is 2. The van der Waals surface area contributed by atoms with Crippen molar-refractivity contribution in [2.45, 2.75) is 43.3 Å². The molecule has 0 heterocycles. The van der Waals surface area contributed by atoms with Crippen LogP contribution >= 0.6 is 0 Å². The van der Waals surface area contributed by atoms with Gasteiger partial charge in [-0.1, -0.05) is 25.0 Å². The largest absolute Gasteiger partial charge is 0.497 e. The van der Waals surface area contributed by atoms with Crippen LogP contribution in [0.2, 0.25) is 0 Å². The Morgan fingerprint density at radius 2 is 1.95 bits per heavy atom. The highest BCUT2D eigenvalue weighted by atomic mass is 16.5. The van der Waals surface area contributed by atoms with E-state index in [2.05, 4.69) is 4.90 Å². The molecular formula is C17H27NO3. The van der Waals surface area contributed by atoms with E-state index in [1.165, 1.54) is 0 Å². The molecule has 3 atom stereocenters. The van der Waals surface area contributed by atoms with E-state index in [9.17, 15) is 10.2 Å². The molecular weight excluding hydrogens is 266 g/mol. The van der Waals surface area contributed by atoms with Gasteiger partial charge < -0.3 is 19.8 Å². The lowest BCUT2D eigenvalue weighted by Gasteiger charge is -2.44. The number of aliphatic hydroxyl groups excluding tert-OH is 1. The molecule has 1 aliphatic rings. The molecule has 4 nitrogen and oxygen atoms in total. The first-order valence-corrected chi connectivity index (χ1v) is 7.66. The Hall–Kier alpha value is -1.10. The van der Waals surface area contributed by atoms with Crippen molar-refractivity contribution >= 4 is 0 Å². The smallest absolute Gasteiger partial charge is 0.118 e. The molecule has 1 aromatic rings. The third kappa shape index (κ3) is 3.57. The topological polar surface area (TPSA) is 52.9 Å². The number of nitrogens with zero attached hydrogens (tertiary/aromatic N) is 1. The Balaban J connectivity index is 2.32. The molecule has 118 valence electrons. The number of benzene rings is 1. The maximum Gasteiger partial charge on any atom is 0.118 e. The fourth-order valence-electron chi connectivity index (χ4n) is 3.32. The number of ether oxygens (including phenoxy) is 1. The minimum absolute atomic E-state index is 0.103. The highest BCUT2D eigenvalue weighted by molar-refractivity contribution is 5.32. The van der Waals surface area contributed by atoms with Crippen molar-refractivity contribution in [2.75, 3.05) is 27.7 Å². The standard InChI is InChI=1S/C17H27NO3/c1-18(2)12-15(13-7-9-14(21-3)10-8-13)17(20)11-5-4-6-16(17)19/h7-10,15-16,19-20H,4-6,11-12H2,1-3H3. The molecule has 1 saturated carbocycles. The van der Waals surface area contributed by atoms with Crippen LogP contribution in [0, 0.1) is 0 Å². The summed E-state index contributed by atoms with van der Waals surface area (Å²) in [7, 11) is 5.63. The van der Waals surface area contributed by atoms with Gasteiger partial charge in [-0.25, -0.2) is 0 Å². The van der Waals surface area contributed by atoms with Gasteiger partial charge >= 0.3 is 0 Å². The molecule has 0 aliphatic heterocycles. The van der Waals surface area contributed by atoms with Crippen LogP contribution in [0.25, 0.3) is 0 Å². The van der Waals surface area contributed by atoms with Gasteiger partial charge in [0.05, 0.1) is 18.8 Å². The summed E-state index contributed by atoms with van der Waals surface area (Å²) >= 11 is 0. The van der Waals surface area contributed by atoms with Gasteiger partial charge in [0.1, 0.15) is 5.75 Å². The number of aliphatic hydroxyl groups is 2. The highest BCUT2D eigenvalue weighted by Gasteiger charge is 2.45. The average Bonchev–Trinajstić information content (AvgIpc) is 2.48. The van der Waals surface area contributed by atoms with Crippen molar-refractivity contribution in [3.05, 3.63) is 29.8 Å². The second-order valence-electron chi connectivity index (χ2n) is 6.34. The molecule has 1 aliphatic carbocycles. The van der Waals surface area contributed by atoms with Crippen molar-refractivity contribution in [3.63, 3.8) is 0 Å². The zero-order valence-corrected chi connectivity index (χ0v) is 13.2. The van der Waals surface area contributed by atoms with Gasteiger partial charge in [0.15, 0.2) is 0 Å². The molecule has 2 rings (SSSR count). The number of likely N-dealkylation sites (N-methyl/N-ethyl adjacent to an activating group) is 1. The second kappa shape index (κ2) is 6.77. The predicted molar refractivity (Wildman–Crippen MR) is 83.7 cm³/mol. The Bertz CT molecular complexity index is 446. The van der Waals surface area contributed by atoms with Crippen LogP contribution in [0.4, 0.5) is 0 Å². The van der Waals surface area contributed by atoms with Crippen molar-refractivity contribution in [1.82, 2.24) is 4.90 Å². The van der Waals surface area contributed by atoms with Gasteiger partial charge in [0, 0.05) is 12.5 Å². The second-order valence-corrected chi connectivity index (χ2v) is 6.34. The van der Waals surface area contributed by atoms with Gasteiger partial charge in [0.25, 0.3) is 0 Å². The van der Waals surface area contributed by atoms with Crippen molar-refractivity contribution < 1.29 is 14.9 Å². The molecule has 21 heavy (non-hydrogen) atoms. The predicted octanol–water partition coefficient (Wildman–Crippen LogP) is 2.01. The fraction of sp³-hybridized carbons (Fsp3) is 0.647. The quantitative estimate of drug-likeness (QED) is 0.872. The van der Waals surface area contributed by atoms with E-state index in [-0.39, 0.29) is 5.92 Å². The van der Waals surface area contributed by atoms with Crippen LogP contribution in [0.5, 0.6) is 5.75 Å². The Morgan fingerprint density at radius 1 is 1.29 bits per heavy atom. The Labute approximate surface area is 127 Å². The number of hydrogen-bond acceptors (Lipinski definition) is 4. The highest BCUT2D eigenvalue weighted by Crippen LogP contribution is 2.40. The fourth-order valence-corrected chi connectivity index (χ4v) is 3.32. The molecule has 4 heteroatoms. The lowest BCUT2D eigenvalue weighted by Crippen LogP contribution is -2.52.